The van der Waals surface area contributed by atoms with Gasteiger partial charge in [0, 0.05) is 38.1 Å². The Balaban J connectivity index is 1.40. The molecule has 44 heavy (non-hydrogen) atoms. The summed E-state index contributed by atoms with van der Waals surface area (Å²) in [5.74, 6) is 0.839. The molecule has 0 fully saturated rings. The molecule has 5 rings (SSSR count). The van der Waals surface area contributed by atoms with Gasteiger partial charge in [0.15, 0.2) is 19.8 Å². The fraction of sp³-hybridized carbons (Fsp3) is 0.455. The van der Waals surface area contributed by atoms with Crippen molar-refractivity contribution >= 4 is 31.0 Å². The van der Waals surface area contributed by atoms with Crippen LogP contribution in [0.5, 0.6) is 0 Å². The molecule has 0 aliphatic carbocycles. The molecule has 1 aliphatic rings. The van der Waals surface area contributed by atoms with Crippen molar-refractivity contribution in [3.63, 3.8) is 0 Å². The van der Waals surface area contributed by atoms with Gasteiger partial charge in [0.1, 0.15) is 11.0 Å². The summed E-state index contributed by atoms with van der Waals surface area (Å²) in [5, 5.41) is 14.5. The Labute approximate surface area is 260 Å². The van der Waals surface area contributed by atoms with Crippen molar-refractivity contribution in [3.8, 4) is 5.82 Å². The number of aliphatic hydroxyl groups is 1. The number of nitrogens with one attached hydrogen (secondary N) is 1. The summed E-state index contributed by atoms with van der Waals surface area (Å²) in [7, 11) is -1.77. The third-order valence-electron chi connectivity index (χ3n) is 8.79. The van der Waals surface area contributed by atoms with Crippen molar-refractivity contribution in [2.75, 3.05) is 25.0 Å². The first kappa shape index (κ1) is 31.8. The summed E-state index contributed by atoms with van der Waals surface area (Å²) < 4.78 is 9.62. The van der Waals surface area contributed by atoms with Gasteiger partial charge in [0.25, 0.3) is 5.56 Å². The zero-order chi connectivity index (χ0) is 31.9. The molecule has 1 aromatic carbocycles. The third kappa shape index (κ3) is 6.56. The van der Waals surface area contributed by atoms with E-state index in [-0.39, 0.29) is 17.1 Å². The van der Waals surface area contributed by atoms with Crippen molar-refractivity contribution in [2.45, 2.75) is 77.9 Å². The highest BCUT2D eigenvalue weighted by molar-refractivity contribution is 6.74. The Hall–Kier alpha value is -3.64. The molecule has 0 saturated carbocycles. The van der Waals surface area contributed by atoms with Gasteiger partial charge in [0.2, 0.25) is 5.95 Å². The first-order valence-electron chi connectivity index (χ1n) is 15.2. The summed E-state index contributed by atoms with van der Waals surface area (Å²) in [6, 6.07) is 11.7. The average Bonchev–Trinajstić information content (AvgIpc) is 3.22. The second kappa shape index (κ2) is 12.0. The fourth-order valence-corrected chi connectivity index (χ4v) is 6.18. The van der Waals surface area contributed by atoms with E-state index in [9.17, 15) is 9.90 Å². The van der Waals surface area contributed by atoms with E-state index in [4.69, 9.17) is 9.41 Å². The molecule has 11 heteroatoms. The van der Waals surface area contributed by atoms with Gasteiger partial charge in [-0.3, -0.25) is 9.69 Å². The highest BCUT2D eigenvalue weighted by Gasteiger charge is 2.37. The molecule has 0 amide bonds. The van der Waals surface area contributed by atoms with E-state index >= 15 is 0 Å². The van der Waals surface area contributed by atoms with E-state index in [1.807, 2.05) is 6.07 Å². The Morgan fingerprint density at radius 3 is 2.59 bits per heavy atom. The Morgan fingerprint density at radius 1 is 1.11 bits per heavy atom. The number of aromatic nitrogens is 5. The maximum atomic E-state index is 13.3. The first-order chi connectivity index (χ1) is 20.7. The van der Waals surface area contributed by atoms with Gasteiger partial charge in [-0.2, -0.15) is 4.98 Å². The number of anilines is 2. The SMILES string of the molecule is C=CCn1c(=O)c2cnc(Nc3ccc4c(c3)CN(CCO[Si](C)(C)C(C)(C)C)CC4)nc2n1-c1cccc(C(C)(C)O)n1. The summed E-state index contributed by atoms with van der Waals surface area (Å²) in [4.78, 5) is 29.7. The Kier molecular flexibility index (Phi) is 8.69. The fourth-order valence-electron chi connectivity index (χ4n) is 5.15. The van der Waals surface area contributed by atoms with Crippen molar-refractivity contribution < 1.29 is 9.53 Å². The monoisotopic (exact) mass is 615 g/mol. The van der Waals surface area contributed by atoms with Crippen molar-refractivity contribution in [1.29, 1.82) is 0 Å². The molecule has 234 valence electrons. The number of nitrogens with zero attached hydrogens (tertiary/aromatic N) is 6. The minimum atomic E-state index is -1.77. The molecule has 0 atom stereocenters. The van der Waals surface area contributed by atoms with Crippen molar-refractivity contribution in [3.05, 3.63) is 82.4 Å². The van der Waals surface area contributed by atoms with Crippen LogP contribution in [0.25, 0.3) is 16.9 Å². The summed E-state index contributed by atoms with van der Waals surface area (Å²) in [6.45, 7) is 22.4. The maximum absolute atomic E-state index is 13.3. The van der Waals surface area contributed by atoms with Crippen LogP contribution in [0.4, 0.5) is 11.6 Å². The first-order valence-corrected chi connectivity index (χ1v) is 18.1. The number of fused-ring (bicyclic) bond motifs is 2. The van der Waals surface area contributed by atoms with Gasteiger partial charge < -0.3 is 14.8 Å². The predicted octanol–water partition coefficient (Wildman–Crippen LogP) is 5.51. The molecule has 4 heterocycles. The number of hydrogen-bond acceptors (Lipinski definition) is 8. The highest BCUT2D eigenvalue weighted by atomic mass is 28.4. The molecule has 0 bridgehead atoms. The zero-order valence-corrected chi connectivity index (χ0v) is 28.0. The van der Waals surface area contributed by atoms with Gasteiger partial charge in [-0.1, -0.05) is 39.0 Å². The quantitative estimate of drug-likeness (QED) is 0.177. The molecular formula is C33H45N7O3Si. The van der Waals surface area contributed by atoms with Crippen LogP contribution in [0.2, 0.25) is 18.1 Å². The molecular weight excluding hydrogens is 570 g/mol. The van der Waals surface area contributed by atoms with Crippen LogP contribution in [0, 0.1) is 0 Å². The molecule has 3 aromatic heterocycles. The smallest absolute Gasteiger partial charge is 0.278 e. The summed E-state index contributed by atoms with van der Waals surface area (Å²) in [5.41, 5.74) is 3.01. The van der Waals surface area contributed by atoms with Crippen LogP contribution in [-0.2, 0) is 29.5 Å². The van der Waals surface area contributed by atoms with Gasteiger partial charge in [0.05, 0.1) is 12.2 Å². The van der Waals surface area contributed by atoms with Gasteiger partial charge in [-0.15, -0.1) is 6.58 Å². The molecule has 4 aromatic rings. The van der Waals surface area contributed by atoms with E-state index in [1.165, 1.54) is 15.8 Å². The van der Waals surface area contributed by atoms with Crippen molar-refractivity contribution in [1.82, 2.24) is 29.2 Å². The number of allylic oxidation sites excluding steroid dienone is 1. The number of hydrogen-bond donors (Lipinski definition) is 2. The molecule has 0 unspecified atom stereocenters. The van der Waals surface area contributed by atoms with Crippen LogP contribution in [0.3, 0.4) is 0 Å². The minimum Gasteiger partial charge on any atom is -0.416 e. The molecule has 0 spiro atoms. The lowest BCUT2D eigenvalue weighted by molar-refractivity contribution is 0.0738. The molecule has 1 aliphatic heterocycles. The van der Waals surface area contributed by atoms with E-state index < -0.39 is 13.9 Å². The second-order valence-corrected chi connectivity index (χ2v) is 18.4. The second-order valence-electron chi connectivity index (χ2n) is 13.6. The van der Waals surface area contributed by atoms with Crippen LogP contribution in [-0.4, -0.2) is 62.3 Å². The lowest BCUT2D eigenvalue weighted by Gasteiger charge is -2.37. The molecule has 2 N–H and O–H groups in total. The van der Waals surface area contributed by atoms with Crippen LogP contribution < -0.4 is 10.9 Å². The standard InChI is InChI=1S/C33H45N7O3Si/c1-9-16-39-30(41)26-21-34-31(37-29(26)40(39)28-12-10-11-27(36-28)33(5,6)42)35-25-14-13-23-15-17-38(22-24(23)20-25)18-19-43-44(7,8)32(2,3)4/h9-14,20-21,42H,1,15-19,22H2,2-8H3,(H,34,35,37). The van der Waals surface area contributed by atoms with Gasteiger partial charge in [-0.05, 0) is 73.8 Å². The topological polar surface area (TPSA) is 110 Å². The molecule has 0 saturated heterocycles. The van der Waals surface area contributed by atoms with Gasteiger partial charge >= 0.3 is 0 Å². The Morgan fingerprint density at radius 2 is 1.89 bits per heavy atom. The van der Waals surface area contributed by atoms with E-state index in [0.717, 1.165) is 38.3 Å². The van der Waals surface area contributed by atoms with E-state index in [1.54, 1.807) is 49.0 Å². The third-order valence-corrected chi connectivity index (χ3v) is 13.3. The highest BCUT2D eigenvalue weighted by Crippen LogP contribution is 2.36. The minimum absolute atomic E-state index is 0.201. The summed E-state index contributed by atoms with van der Waals surface area (Å²) in [6.07, 6.45) is 4.20. The van der Waals surface area contributed by atoms with Crippen LogP contribution in [0.1, 0.15) is 51.4 Å². The molecule has 10 nitrogen and oxygen atoms in total. The number of benzene rings is 1. The largest absolute Gasteiger partial charge is 0.416 e. The Bertz CT molecular complexity index is 1730. The van der Waals surface area contributed by atoms with Gasteiger partial charge in [-0.25, -0.2) is 19.3 Å². The van der Waals surface area contributed by atoms with Crippen LogP contribution >= 0.6 is 0 Å². The lowest BCUT2D eigenvalue weighted by atomic mass is 9.99. The lowest BCUT2D eigenvalue weighted by Crippen LogP contribution is -2.43. The normalized spacial score (nSPS) is 14.5. The number of pyridine rings is 1. The molecule has 0 radical (unpaired) electrons. The van der Waals surface area contributed by atoms with Crippen molar-refractivity contribution in [2.24, 2.45) is 0 Å². The van der Waals surface area contributed by atoms with Crippen LogP contribution in [0.15, 0.2) is 60.0 Å². The van der Waals surface area contributed by atoms with E-state index in [0.29, 0.717) is 28.5 Å². The summed E-state index contributed by atoms with van der Waals surface area (Å²) >= 11 is 0. The zero-order valence-electron chi connectivity index (χ0n) is 27.0. The average molecular weight is 616 g/mol. The number of rotatable bonds is 10. The maximum Gasteiger partial charge on any atom is 0.278 e. The van der Waals surface area contributed by atoms with E-state index in [2.05, 4.69) is 72.8 Å². The predicted molar refractivity (Wildman–Crippen MR) is 178 cm³/mol.